The number of benzene rings is 1. The molecule has 0 atom stereocenters. The molecule has 2 aromatic heterocycles. The van der Waals surface area contributed by atoms with Crippen LogP contribution in [0.3, 0.4) is 0 Å². The molecule has 0 unspecified atom stereocenters. The lowest BCUT2D eigenvalue weighted by atomic mass is 9.88. The molecule has 3 N–H and O–H groups in total. The number of nitrogens with one attached hydrogen (secondary N) is 1. The lowest BCUT2D eigenvalue weighted by Gasteiger charge is -2.21. The highest BCUT2D eigenvalue weighted by Gasteiger charge is 2.37. The molecule has 0 aliphatic carbocycles. The lowest BCUT2D eigenvalue weighted by molar-refractivity contribution is 0.261. The van der Waals surface area contributed by atoms with Gasteiger partial charge in [0, 0.05) is 42.0 Å². The van der Waals surface area contributed by atoms with Crippen LogP contribution in [0.1, 0.15) is 25.1 Å². The van der Waals surface area contributed by atoms with Gasteiger partial charge in [-0.1, -0.05) is 13.8 Å². The van der Waals surface area contributed by atoms with E-state index in [0.29, 0.717) is 41.4 Å². The minimum absolute atomic E-state index is 0.0731. The first-order valence-electron chi connectivity index (χ1n) is 11.1. The van der Waals surface area contributed by atoms with Gasteiger partial charge in [0.05, 0.1) is 24.2 Å². The SMILES string of the molecule is COc1cc(OCCN(C)C)c(N)cc1Nc1ncnc(N2CC(C)(C)c3cnc(C)cc32)n1. The van der Waals surface area contributed by atoms with Crippen molar-refractivity contribution in [3.8, 4) is 11.5 Å². The summed E-state index contributed by atoms with van der Waals surface area (Å²) in [5.41, 5.74) is 10.5. The maximum atomic E-state index is 6.24. The molecule has 3 heterocycles. The molecule has 1 aliphatic heterocycles. The molecule has 0 spiro atoms. The summed E-state index contributed by atoms with van der Waals surface area (Å²) >= 11 is 0. The summed E-state index contributed by atoms with van der Waals surface area (Å²) in [7, 11) is 5.57. The Kier molecular flexibility index (Phi) is 6.43. The van der Waals surface area contributed by atoms with Crippen LogP contribution in [0.25, 0.3) is 0 Å². The molecule has 0 radical (unpaired) electrons. The van der Waals surface area contributed by atoms with Crippen LogP contribution >= 0.6 is 0 Å². The minimum atomic E-state index is -0.0731. The Morgan fingerprint density at radius 3 is 2.68 bits per heavy atom. The average molecular weight is 465 g/mol. The number of nitrogen functional groups attached to an aromatic ring is 1. The van der Waals surface area contributed by atoms with E-state index in [2.05, 4.69) is 50.1 Å². The van der Waals surface area contributed by atoms with Gasteiger partial charge in [-0.05, 0) is 33.2 Å². The Balaban J connectivity index is 1.59. The summed E-state index contributed by atoms with van der Waals surface area (Å²) in [6.07, 6.45) is 3.44. The summed E-state index contributed by atoms with van der Waals surface area (Å²) in [5.74, 6) is 2.09. The number of aryl methyl sites for hydroxylation is 1. The van der Waals surface area contributed by atoms with Crippen LogP contribution in [-0.2, 0) is 5.41 Å². The van der Waals surface area contributed by atoms with Crippen LogP contribution in [0.5, 0.6) is 11.5 Å². The number of anilines is 5. The largest absolute Gasteiger partial charge is 0.494 e. The Morgan fingerprint density at radius 1 is 1.15 bits per heavy atom. The monoisotopic (exact) mass is 464 g/mol. The molecule has 3 aromatic rings. The summed E-state index contributed by atoms with van der Waals surface area (Å²) in [6.45, 7) is 8.41. The van der Waals surface area contributed by atoms with Gasteiger partial charge in [0.1, 0.15) is 24.4 Å². The highest BCUT2D eigenvalue weighted by molar-refractivity contribution is 5.73. The predicted molar refractivity (Wildman–Crippen MR) is 134 cm³/mol. The number of nitrogens with zero attached hydrogens (tertiary/aromatic N) is 6. The second-order valence-corrected chi connectivity index (χ2v) is 9.29. The third-order valence-electron chi connectivity index (χ3n) is 5.77. The Morgan fingerprint density at radius 2 is 1.94 bits per heavy atom. The number of hydrogen-bond donors (Lipinski definition) is 2. The highest BCUT2D eigenvalue weighted by Crippen LogP contribution is 2.43. The van der Waals surface area contributed by atoms with Gasteiger partial charge in [-0.3, -0.25) is 4.98 Å². The molecule has 0 saturated heterocycles. The van der Waals surface area contributed by atoms with Gasteiger partial charge in [0.2, 0.25) is 11.9 Å². The van der Waals surface area contributed by atoms with E-state index in [-0.39, 0.29) is 5.41 Å². The Hall–Kier alpha value is -3.66. The number of rotatable bonds is 8. The van der Waals surface area contributed by atoms with Crippen LogP contribution in [0.4, 0.5) is 29.0 Å². The van der Waals surface area contributed by atoms with E-state index in [1.807, 2.05) is 32.1 Å². The Bertz CT molecular complexity index is 1180. The van der Waals surface area contributed by atoms with Crippen LogP contribution in [0, 0.1) is 6.92 Å². The van der Waals surface area contributed by atoms with Crippen LogP contribution in [-0.4, -0.2) is 65.7 Å². The number of aromatic nitrogens is 4. The summed E-state index contributed by atoms with van der Waals surface area (Å²) in [6, 6.07) is 5.60. The fourth-order valence-electron chi connectivity index (χ4n) is 3.94. The second kappa shape index (κ2) is 9.30. The first-order valence-corrected chi connectivity index (χ1v) is 11.1. The summed E-state index contributed by atoms with van der Waals surface area (Å²) in [4.78, 5) is 22.1. The van der Waals surface area contributed by atoms with Gasteiger partial charge >= 0.3 is 0 Å². The predicted octanol–water partition coefficient (Wildman–Crippen LogP) is 3.28. The van der Waals surface area contributed by atoms with Gasteiger partial charge in [-0.25, -0.2) is 9.97 Å². The number of likely N-dealkylation sites (N-methyl/N-ethyl adjacent to an activating group) is 1. The third-order valence-corrected chi connectivity index (χ3v) is 5.77. The van der Waals surface area contributed by atoms with Crippen molar-refractivity contribution < 1.29 is 9.47 Å². The van der Waals surface area contributed by atoms with E-state index in [1.165, 1.54) is 11.9 Å². The smallest absolute Gasteiger partial charge is 0.234 e. The highest BCUT2D eigenvalue weighted by atomic mass is 16.5. The van der Waals surface area contributed by atoms with Gasteiger partial charge in [-0.2, -0.15) is 4.98 Å². The molecule has 0 fully saturated rings. The normalized spacial score (nSPS) is 14.3. The van der Waals surface area contributed by atoms with E-state index in [0.717, 1.165) is 24.5 Å². The molecule has 34 heavy (non-hydrogen) atoms. The molecular formula is C24H32N8O2. The molecule has 10 nitrogen and oxygen atoms in total. The van der Waals surface area contributed by atoms with E-state index >= 15 is 0 Å². The summed E-state index contributed by atoms with van der Waals surface area (Å²) < 4.78 is 11.4. The first-order chi connectivity index (χ1) is 16.2. The van der Waals surface area contributed by atoms with Crippen molar-refractivity contribution in [3.05, 3.63) is 42.0 Å². The van der Waals surface area contributed by atoms with E-state index in [9.17, 15) is 0 Å². The molecule has 0 bridgehead atoms. The number of ether oxygens (including phenoxy) is 2. The number of nitrogens with two attached hydrogens (primary N) is 1. The molecule has 0 saturated carbocycles. The van der Waals surface area contributed by atoms with Gasteiger partial charge in [0.25, 0.3) is 0 Å². The standard InChI is InChI=1S/C24H32N8O2/c1-15-9-19-16(12-26-15)24(2,3)13-32(19)23-28-14-27-22(30-23)29-18-10-17(25)20(11-21(18)33-6)34-8-7-31(4)5/h9-12,14H,7-8,13,25H2,1-6H3,(H,27,28,29,30). The van der Waals surface area contributed by atoms with Crippen LogP contribution in [0.15, 0.2) is 30.7 Å². The molecule has 10 heteroatoms. The number of pyridine rings is 1. The van der Waals surface area contributed by atoms with Crippen molar-refractivity contribution >= 4 is 29.0 Å². The first kappa shape index (κ1) is 23.5. The molecule has 180 valence electrons. The number of hydrogen-bond acceptors (Lipinski definition) is 10. The van der Waals surface area contributed by atoms with Crippen molar-refractivity contribution in [1.29, 1.82) is 0 Å². The topological polar surface area (TPSA) is 115 Å². The zero-order valence-electron chi connectivity index (χ0n) is 20.6. The zero-order chi connectivity index (χ0) is 24.5. The maximum absolute atomic E-state index is 6.24. The average Bonchev–Trinajstić information content (AvgIpc) is 3.05. The van der Waals surface area contributed by atoms with Crippen molar-refractivity contribution in [3.63, 3.8) is 0 Å². The molecule has 4 rings (SSSR count). The van der Waals surface area contributed by atoms with Crippen LogP contribution < -0.4 is 25.4 Å². The van der Waals surface area contributed by atoms with Crippen molar-refractivity contribution in [2.24, 2.45) is 0 Å². The second-order valence-electron chi connectivity index (χ2n) is 9.29. The Labute approximate surface area is 200 Å². The van der Waals surface area contributed by atoms with Gasteiger partial charge in [0.15, 0.2) is 0 Å². The number of methoxy groups -OCH3 is 1. The molecular weight excluding hydrogens is 432 g/mol. The van der Waals surface area contributed by atoms with Crippen molar-refractivity contribution in [2.45, 2.75) is 26.2 Å². The van der Waals surface area contributed by atoms with E-state index in [4.69, 9.17) is 15.2 Å². The minimum Gasteiger partial charge on any atom is -0.494 e. The van der Waals surface area contributed by atoms with Crippen molar-refractivity contribution in [1.82, 2.24) is 24.8 Å². The van der Waals surface area contributed by atoms with E-state index in [1.54, 1.807) is 19.2 Å². The van der Waals surface area contributed by atoms with E-state index < -0.39 is 0 Å². The molecule has 1 aromatic carbocycles. The van der Waals surface area contributed by atoms with Crippen molar-refractivity contribution in [2.75, 3.05) is 56.9 Å². The molecule has 0 amide bonds. The fourth-order valence-corrected chi connectivity index (χ4v) is 3.94. The third kappa shape index (κ3) is 4.81. The zero-order valence-corrected chi connectivity index (χ0v) is 20.6. The lowest BCUT2D eigenvalue weighted by Crippen LogP contribution is -2.26. The van der Waals surface area contributed by atoms with Gasteiger partial charge < -0.3 is 30.3 Å². The quantitative estimate of drug-likeness (QED) is 0.481. The maximum Gasteiger partial charge on any atom is 0.234 e. The number of fused-ring (bicyclic) bond motifs is 1. The fraction of sp³-hybridized carbons (Fsp3) is 0.417. The molecule has 1 aliphatic rings. The van der Waals surface area contributed by atoms with Gasteiger partial charge in [-0.15, -0.1) is 0 Å². The summed E-state index contributed by atoms with van der Waals surface area (Å²) in [5, 5.41) is 3.22. The van der Waals surface area contributed by atoms with Crippen LogP contribution in [0.2, 0.25) is 0 Å².